The van der Waals surface area contributed by atoms with Crippen molar-refractivity contribution in [3.05, 3.63) is 29.6 Å². The van der Waals surface area contributed by atoms with Gasteiger partial charge in [-0.1, -0.05) is 26.8 Å². The van der Waals surface area contributed by atoms with Gasteiger partial charge in [0.25, 0.3) is 0 Å². The first-order valence-electron chi connectivity index (χ1n) is 9.12. The van der Waals surface area contributed by atoms with Crippen molar-refractivity contribution in [2.75, 3.05) is 13.2 Å². The maximum absolute atomic E-state index is 6.24. The van der Waals surface area contributed by atoms with Crippen LogP contribution < -0.4 is 5.32 Å². The molecule has 2 rings (SSSR count). The van der Waals surface area contributed by atoms with Gasteiger partial charge in [0.1, 0.15) is 0 Å². The summed E-state index contributed by atoms with van der Waals surface area (Å²) in [4.78, 5) is 4.59. The maximum atomic E-state index is 6.24. The van der Waals surface area contributed by atoms with E-state index in [0.29, 0.717) is 11.1 Å². The smallest absolute Gasteiger partial charge is 0.191 e. The predicted octanol–water partition coefficient (Wildman–Crippen LogP) is 4.85. The van der Waals surface area contributed by atoms with Gasteiger partial charge in [0, 0.05) is 18.8 Å². The van der Waals surface area contributed by atoms with E-state index in [1.807, 2.05) is 6.20 Å². The van der Waals surface area contributed by atoms with Crippen molar-refractivity contribution in [2.24, 2.45) is 0 Å². The highest BCUT2D eigenvalue weighted by Gasteiger charge is 2.36. The summed E-state index contributed by atoms with van der Waals surface area (Å²) in [6.07, 6.45) is 7.90. The van der Waals surface area contributed by atoms with Crippen LogP contribution >= 0.6 is 0 Å². The minimum absolute atomic E-state index is 0.308. The average molecular weight is 335 g/mol. The van der Waals surface area contributed by atoms with Crippen molar-refractivity contribution in [3.8, 4) is 0 Å². The standard InChI is InChI=1S/C19H34N2OSi/c1-19(2,3)23(4,5)22-15-7-6-13-20-17-12-8-10-16-11-9-14-21-18(16)17/h9,11,14,17,20H,6-8,10,12-13,15H2,1-5H3. The minimum Gasteiger partial charge on any atom is -0.417 e. The van der Waals surface area contributed by atoms with Gasteiger partial charge in [0.2, 0.25) is 0 Å². The van der Waals surface area contributed by atoms with Gasteiger partial charge < -0.3 is 9.74 Å². The lowest BCUT2D eigenvalue weighted by molar-refractivity contribution is 0.277. The van der Waals surface area contributed by atoms with Gasteiger partial charge in [0.05, 0.1) is 5.69 Å². The Hall–Kier alpha value is -0.713. The highest BCUT2D eigenvalue weighted by atomic mass is 28.4. The maximum Gasteiger partial charge on any atom is 0.191 e. The second-order valence-corrected chi connectivity index (χ2v) is 13.1. The Morgan fingerprint density at radius 1 is 1.30 bits per heavy atom. The molecule has 0 amide bonds. The van der Waals surface area contributed by atoms with Gasteiger partial charge in [-0.2, -0.15) is 0 Å². The molecule has 0 aromatic carbocycles. The van der Waals surface area contributed by atoms with Crippen LogP contribution in [0.15, 0.2) is 18.3 Å². The van der Waals surface area contributed by atoms with E-state index >= 15 is 0 Å². The number of aromatic nitrogens is 1. The number of nitrogens with zero attached hydrogens (tertiary/aromatic N) is 1. The fraction of sp³-hybridized carbons (Fsp3) is 0.737. The highest BCUT2D eigenvalue weighted by molar-refractivity contribution is 6.74. The largest absolute Gasteiger partial charge is 0.417 e. The molecular formula is C19H34N2OSi. The van der Waals surface area contributed by atoms with Crippen molar-refractivity contribution in [1.29, 1.82) is 0 Å². The zero-order valence-electron chi connectivity index (χ0n) is 15.6. The average Bonchev–Trinajstić information content (AvgIpc) is 2.49. The molecule has 1 heterocycles. The van der Waals surface area contributed by atoms with Crippen LogP contribution in [0.1, 0.15) is 63.8 Å². The molecule has 1 unspecified atom stereocenters. The van der Waals surface area contributed by atoms with E-state index in [0.717, 1.165) is 19.6 Å². The number of fused-ring (bicyclic) bond motifs is 1. The van der Waals surface area contributed by atoms with Crippen LogP contribution in [0.4, 0.5) is 0 Å². The Morgan fingerprint density at radius 3 is 2.83 bits per heavy atom. The fourth-order valence-electron chi connectivity index (χ4n) is 2.86. The third-order valence-electron chi connectivity index (χ3n) is 5.43. The molecule has 1 aromatic heterocycles. The number of unbranched alkanes of at least 4 members (excludes halogenated alkanes) is 1. The third-order valence-corrected chi connectivity index (χ3v) is 9.96. The number of rotatable bonds is 7. The molecule has 3 nitrogen and oxygen atoms in total. The molecule has 1 aliphatic rings. The topological polar surface area (TPSA) is 34.1 Å². The summed E-state index contributed by atoms with van der Waals surface area (Å²) in [5.41, 5.74) is 2.70. The normalized spacial score (nSPS) is 18.7. The molecule has 1 N–H and O–H groups in total. The molecule has 0 fully saturated rings. The molecule has 4 heteroatoms. The van der Waals surface area contributed by atoms with Gasteiger partial charge in [0.15, 0.2) is 8.32 Å². The lowest BCUT2D eigenvalue weighted by Gasteiger charge is -2.36. The minimum atomic E-state index is -1.58. The van der Waals surface area contributed by atoms with Crippen LogP contribution in [0.2, 0.25) is 18.1 Å². The van der Waals surface area contributed by atoms with E-state index in [1.54, 1.807) is 0 Å². The van der Waals surface area contributed by atoms with E-state index in [9.17, 15) is 0 Å². The van der Waals surface area contributed by atoms with E-state index in [1.165, 1.54) is 36.9 Å². The lowest BCUT2D eigenvalue weighted by Crippen LogP contribution is -2.41. The summed E-state index contributed by atoms with van der Waals surface area (Å²) in [5.74, 6) is 0. The summed E-state index contributed by atoms with van der Waals surface area (Å²) in [7, 11) is -1.58. The molecule has 23 heavy (non-hydrogen) atoms. The number of pyridine rings is 1. The molecule has 0 bridgehead atoms. The molecule has 0 spiro atoms. The number of nitrogens with one attached hydrogen (secondary N) is 1. The van der Waals surface area contributed by atoms with Gasteiger partial charge in [-0.05, 0) is 68.4 Å². The van der Waals surface area contributed by atoms with Gasteiger partial charge in [-0.25, -0.2) is 0 Å². The van der Waals surface area contributed by atoms with Crippen LogP contribution in [0.3, 0.4) is 0 Å². The number of hydrogen-bond acceptors (Lipinski definition) is 3. The first-order chi connectivity index (χ1) is 10.8. The van der Waals surface area contributed by atoms with Gasteiger partial charge in [-0.3, -0.25) is 4.98 Å². The van der Waals surface area contributed by atoms with Crippen LogP contribution in [-0.2, 0) is 10.8 Å². The van der Waals surface area contributed by atoms with E-state index < -0.39 is 8.32 Å². The van der Waals surface area contributed by atoms with Gasteiger partial charge >= 0.3 is 0 Å². The Morgan fingerprint density at radius 2 is 2.09 bits per heavy atom. The summed E-state index contributed by atoms with van der Waals surface area (Å²) in [6, 6.07) is 4.73. The summed E-state index contributed by atoms with van der Waals surface area (Å²) in [5, 5.41) is 4.01. The first kappa shape index (κ1) is 18.6. The lowest BCUT2D eigenvalue weighted by atomic mass is 9.92. The molecule has 130 valence electrons. The monoisotopic (exact) mass is 334 g/mol. The Balaban J connectivity index is 1.67. The van der Waals surface area contributed by atoms with Crippen LogP contribution in [-0.4, -0.2) is 26.5 Å². The molecule has 1 atom stereocenters. The molecule has 0 saturated heterocycles. The van der Waals surface area contributed by atoms with Crippen molar-refractivity contribution < 1.29 is 4.43 Å². The molecule has 1 aliphatic carbocycles. The predicted molar refractivity (Wildman–Crippen MR) is 100 cm³/mol. The first-order valence-corrected chi connectivity index (χ1v) is 12.0. The Kier molecular flexibility index (Phi) is 6.40. The zero-order chi connectivity index (χ0) is 16.9. The van der Waals surface area contributed by atoms with Crippen molar-refractivity contribution in [2.45, 2.75) is 77.0 Å². The van der Waals surface area contributed by atoms with Crippen molar-refractivity contribution in [1.82, 2.24) is 10.3 Å². The molecule has 1 aromatic rings. The summed E-state index contributed by atoms with van der Waals surface area (Å²) in [6.45, 7) is 13.5. The van der Waals surface area contributed by atoms with E-state index in [-0.39, 0.29) is 0 Å². The fourth-order valence-corrected chi connectivity index (χ4v) is 3.94. The van der Waals surface area contributed by atoms with E-state index in [4.69, 9.17) is 4.43 Å². The summed E-state index contributed by atoms with van der Waals surface area (Å²) < 4.78 is 6.24. The van der Waals surface area contributed by atoms with Crippen LogP contribution in [0.5, 0.6) is 0 Å². The second-order valence-electron chi connectivity index (χ2n) is 8.26. The zero-order valence-corrected chi connectivity index (χ0v) is 16.6. The second kappa shape index (κ2) is 7.91. The van der Waals surface area contributed by atoms with E-state index in [2.05, 4.69) is 56.3 Å². The number of aryl methyl sites for hydroxylation is 1. The van der Waals surface area contributed by atoms with Crippen molar-refractivity contribution >= 4 is 8.32 Å². The van der Waals surface area contributed by atoms with Crippen molar-refractivity contribution in [3.63, 3.8) is 0 Å². The molecule has 0 radical (unpaired) electrons. The number of hydrogen-bond donors (Lipinski definition) is 1. The third kappa shape index (κ3) is 5.13. The van der Waals surface area contributed by atoms with Crippen LogP contribution in [0.25, 0.3) is 0 Å². The SMILES string of the molecule is CC(C)(C)[Si](C)(C)OCCCCNC1CCCc2cccnc21. The quantitative estimate of drug-likeness (QED) is 0.571. The Bertz CT molecular complexity index is 496. The molecule has 0 saturated carbocycles. The molecule has 0 aliphatic heterocycles. The van der Waals surface area contributed by atoms with Gasteiger partial charge in [-0.15, -0.1) is 0 Å². The summed E-state index contributed by atoms with van der Waals surface area (Å²) >= 11 is 0. The molecular weight excluding hydrogens is 300 g/mol. The highest BCUT2D eigenvalue weighted by Crippen LogP contribution is 2.36. The van der Waals surface area contributed by atoms with Crippen LogP contribution in [0, 0.1) is 0 Å². The Labute approximate surface area is 143 Å².